The van der Waals surface area contributed by atoms with Gasteiger partial charge in [-0.3, -0.25) is 9.59 Å². The number of para-hydroxylation sites is 1. The molecule has 0 fully saturated rings. The summed E-state index contributed by atoms with van der Waals surface area (Å²) in [6.45, 7) is 8.56. The van der Waals surface area contributed by atoms with Gasteiger partial charge in [0.05, 0.1) is 7.11 Å². The Morgan fingerprint density at radius 2 is 1.71 bits per heavy atom. The maximum absolute atomic E-state index is 12.8. The lowest BCUT2D eigenvalue weighted by Gasteiger charge is -2.27. The van der Waals surface area contributed by atoms with Crippen LogP contribution in [0.4, 0.5) is 0 Å². The zero-order valence-corrected chi connectivity index (χ0v) is 20.4. The summed E-state index contributed by atoms with van der Waals surface area (Å²) in [4.78, 5) is 40.9. The number of ether oxygens (including phenoxy) is 4. The minimum Gasteiger partial charge on any atom is -0.493 e. The van der Waals surface area contributed by atoms with Gasteiger partial charge in [-0.1, -0.05) is 32.0 Å². The lowest BCUT2D eigenvalue weighted by Crippen LogP contribution is -2.43. The molecule has 1 amide bonds. The normalized spacial score (nSPS) is 13.4. The van der Waals surface area contributed by atoms with Crippen LogP contribution in [0.15, 0.2) is 42.6 Å². The van der Waals surface area contributed by atoms with Crippen molar-refractivity contribution in [3.8, 4) is 17.2 Å². The Balaban J connectivity index is 2.08. The summed E-state index contributed by atoms with van der Waals surface area (Å²) in [5.74, 6) is -0.970. The van der Waals surface area contributed by atoms with Gasteiger partial charge in [0, 0.05) is 19.2 Å². The summed E-state index contributed by atoms with van der Waals surface area (Å²) in [5, 5.41) is 2.53. The van der Waals surface area contributed by atoms with Crippen LogP contribution >= 0.6 is 0 Å². The molecule has 1 N–H and O–H groups in total. The number of esters is 2. The van der Waals surface area contributed by atoms with Gasteiger partial charge in [0.15, 0.2) is 11.4 Å². The first-order valence-electron chi connectivity index (χ1n) is 11.1. The van der Waals surface area contributed by atoms with Crippen molar-refractivity contribution in [2.75, 3.05) is 7.11 Å². The van der Waals surface area contributed by atoms with Gasteiger partial charge < -0.3 is 24.3 Å². The molecular formula is C25H32N2O7. The summed E-state index contributed by atoms with van der Waals surface area (Å²) in [5.41, 5.74) is -0.188. The number of carbonyl (C=O) groups is 3. The van der Waals surface area contributed by atoms with Crippen LogP contribution in [0.5, 0.6) is 17.2 Å². The Labute approximate surface area is 199 Å². The lowest BCUT2D eigenvalue weighted by molar-refractivity contribution is -0.155. The molecule has 0 aliphatic heterocycles. The molecule has 2 rings (SSSR count). The number of aromatic nitrogens is 1. The molecule has 34 heavy (non-hydrogen) atoms. The molecule has 0 aliphatic carbocycles. The number of pyridine rings is 1. The fourth-order valence-corrected chi connectivity index (χ4v) is 3.15. The number of hydrogen-bond donors (Lipinski definition) is 1. The number of nitrogens with zero attached hydrogens (tertiary/aromatic N) is 1. The average molecular weight is 473 g/mol. The molecule has 3 atom stereocenters. The number of carbonyl (C=O) groups excluding carboxylic acids is 3. The minimum absolute atomic E-state index is 0.128. The van der Waals surface area contributed by atoms with E-state index in [0.717, 1.165) is 0 Å². The second kappa shape index (κ2) is 12.6. The van der Waals surface area contributed by atoms with Crippen molar-refractivity contribution in [2.24, 2.45) is 5.92 Å². The number of rotatable bonds is 11. The smallest absolute Gasteiger partial charge is 0.328 e. The van der Waals surface area contributed by atoms with Crippen LogP contribution in [0.2, 0.25) is 0 Å². The van der Waals surface area contributed by atoms with Crippen molar-refractivity contribution >= 4 is 17.8 Å². The molecule has 0 saturated carbocycles. The van der Waals surface area contributed by atoms with Crippen LogP contribution in [0.1, 0.15) is 51.5 Å². The summed E-state index contributed by atoms with van der Waals surface area (Å²) < 4.78 is 21.9. The van der Waals surface area contributed by atoms with Crippen molar-refractivity contribution in [3.63, 3.8) is 0 Å². The molecule has 2 aromatic rings. The minimum atomic E-state index is -0.996. The van der Waals surface area contributed by atoms with E-state index in [1.807, 2.05) is 30.3 Å². The van der Waals surface area contributed by atoms with E-state index in [0.29, 0.717) is 18.1 Å². The fraction of sp³-hybridized carbons (Fsp3) is 0.440. The predicted octanol–water partition coefficient (Wildman–Crippen LogP) is 3.56. The second-order valence-electron chi connectivity index (χ2n) is 8.22. The van der Waals surface area contributed by atoms with Gasteiger partial charge in [-0.15, -0.1) is 0 Å². The van der Waals surface area contributed by atoms with E-state index in [4.69, 9.17) is 18.9 Å². The third kappa shape index (κ3) is 7.75. The van der Waals surface area contributed by atoms with E-state index >= 15 is 0 Å². The zero-order chi connectivity index (χ0) is 25.3. The van der Waals surface area contributed by atoms with Crippen LogP contribution in [0.25, 0.3) is 0 Å². The van der Waals surface area contributed by atoms with Crippen LogP contribution in [0.3, 0.4) is 0 Å². The molecule has 0 aliphatic rings. The van der Waals surface area contributed by atoms with Gasteiger partial charge in [0.25, 0.3) is 5.91 Å². The standard InChI is InChI=1S/C25H32N2O7/c1-15(2)14-21(34-19-10-8-7-9-11-19)17(4)32-25(30)16(3)27-24(29)22-23(33-18(5)28)20(31-6)12-13-26-22/h7-13,15-17,21H,14H2,1-6H3,(H,27,29)/t16-,17-,21+/m0/s1. The first kappa shape index (κ1) is 26.6. The second-order valence-corrected chi connectivity index (χ2v) is 8.22. The molecule has 1 aromatic carbocycles. The summed E-state index contributed by atoms with van der Waals surface area (Å²) in [7, 11) is 1.37. The largest absolute Gasteiger partial charge is 0.493 e. The molecule has 0 saturated heterocycles. The predicted molar refractivity (Wildman–Crippen MR) is 125 cm³/mol. The molecule has 1 aromatic heterocycles. The third-order valence-corrected chi connectivity index (χ3v) is 4.81. The van der Waals surface area contributed by atoms with E-state index in [2.05, 4.69) is 24.1 Å². The van der Waals surface area contributed by atoms with Gasteiger partial charge in [-0.05, 0) is 38.3 Å². The highest BCUT2D eigenvalue weighted by Crippen LogP contribution is 2.29. The number of amides is 1. The van der Waals surface area contributed by atoms with E-state index in [1.54, 1.807) is 6.92 Å². The highest BCUT2D eigenvalue weighted by molar-refractivity contribution is 5.98. The Morgan fingerprint density at radius 3 is 2.29 bits per heavy atom. The van der Waals surface area contributed by atoms with Crippen molar-refractivity contribution < 1.29 is 33.3 Å². The topological polar surface area (TPSA) is 113 Å². The highest BCUT2D eigenvalue weighted by Gasteiger charge is 2.28. The molecular weight excluding hydrogens is 440 g/mol. The van der Waals surface area contributed by atoms with E-state index in [9.17, 15) is 14.4 Å². The fourth-order valence-electron chi connectivity index (χ4n) is 3.15. The number of methoxy groups -OCH3 is 1. The van der Waals surface area contributed by atoms with E-state index < -0.39 is 30.0 Å². The van der Waals surface area contributed by atoms with Gasteiger partial charge >= 0.3 is 11.9 Å². The average Bonchev–Trinajstić information content (AvgIpc) is 2.78. The van der Waals surface area contributed by atoms with Gasteiger partial charge in [0.1, 0.15) is 24.0 Å². The van der Waals surface area contributed by atoms with Crippen molar-refractivity contribution in [1.82, 2.24) is 10.3 Å². The molecule has 0 bridgehead atoms. The highest BCUT2D eigenvalue weighted by atomic mass is 16.6. The number of hydrogen-bond acceptors (Lipinski definition) is 8. The summed E-state index contributed by atoms with van der Waals surface area (Å²) in [6.07, 6.45) is 1.07. The number of benzene rings is 1. The van der Waals surface area contributed by atoms with Gasteiger partial charge in [0.2, 0.25) is 5.75 Å². The summed E-state index contributed by atoms with van der Waals surface area (Å²) in [6, 6.07) is 9.76. The molecule has 9 nitrogen and oxygen atoms in total. The quantitative estimate of drug-likeness (QED) is 0.494. The van der Waals surface area contributed by atoms with Crippen molar-refractivity contribution in [1.29, 1.82) is 0 Å². The molecule has 9 heteroatoms. The lowest BCUT2D eigenvalue weighted by atomic mass is 10.0. The molecule has 0 unspecified atom stereocenters. The van der Waals surface area contributed by atoms with Gasteiger partial charge in [-0.2, -0.15) is 0 Å². The van der Waals surface area contributed by atoms with Crippen LogP contribution in [0, 0.1) is 5.92 Å². The molecule has 0 radical (unpaired) electrons. The monoisotopic (exact) mass is 472 g/mol. The van der Waals surface area contributed by atoms with Crippen LogP contribution < -0.4 is 19.5 Å². The van der Waals surface area contributed by atoms with Gasteiger partial charge in [-0.25, -0.2) is 9.78 Å². The maximum Gasteiger partial charge on any atom is 0.328 e. The van der Waals surface area contributed by atoms with Crippen molar-refractivity contribution in [3.05, 3.63) is 48.3 Å². The summed E-state index contributed by atoms with van der Waals surface area (Å²) >= 11 is 0. The Hall–Kier alpha value is -3.62. The Morgan fingerprint density at radius 1 is 1.03 bits per heavy atom. The molecule has 1 heterocycles. The van der Waals surface area contributed by atoms with E-state index in [1.165, 1.54) is 33.2 Å². The van der Waals surface area contributed by atoms with Crippen LogP contribution in [-0.2, 0) is 14.3 Å². The van der Waals surface area contributed by atoms with E-state index in [-0.39, 0.29) is 23.3 Å². The third-order valence-electron chi connectivity index (χ3n) is 4.81. The van der Waals surface area contributed by atoms with Crippen LogP contribution in [-0.4, -0.2) is 48.2 Å². The zero-order valence-electron chi connectivity index (χ0n) is 20.4. The SMILES string of the molecule is COc1ccnc(C(=O)N[C@@H](C)C(=O)O[C@@H](C)[C@@H](CC(C)C)Oc2ccccc2)c1OC(C)=O. The maximum atomic E-state index is 12.8. The molecule has 0 spiro atoms. The first-order chi connectivity index (χ1) is 16.1. The molecule has 184 valence electrons. The Bertz CT molecular complexity index is 978. The first-order valence-corrected chi connectivity index (χ1v) is 11.1. The number of nitrogens with one attached hydrogen (secondary N) is 1. The van der Waals surface area contributed by atoms with Crippen molar-refractivity contribution in [2.45, 2.75) is 59.3 Å². The Kier molecular flexibility index (Phi) is 9.85.